The van der Waals surface area contributed by atoms with Gasteiger partial charge < -0.3 is 15.0 Å². The number of rotatable bonds is 2. The van der Waals surface area contributed by atoms with Gasteiger partial charge in [-0.05, 0) is 31.4 Å². The van der Waals surface area contributed by atoms with Crippen molar-refractivity contribution in [2.45, 2.75) is 19.3 Å². The molecule has 5 heteroatoms. The van der Waals surface area contributed by atoms with E-state index in [1.54, 1.807) is 4.90 Å². The Balaban J connectivity index is 2.05. The molecule has 1 aromatic carbocycles. The first-order chi connectivity index (χ1) is 8.70. The number of hydrogen-bond donors (Lipinski definition) is 1. The van der Waals surface area contributed by atoms with Crippen LogP contribution in [0.3, 0.4) is 0 Å². The number of halogens is 1. The Morgan fingerprint density at radius 2 is 2.06 bits per heavy atom. The van der Waals surface area contributed by atoms with Gasteiger partial charge in [0, 0.05) is 19.2 Å². The molecular formula is C13H17FN2O2. The summed E-state index contributed by atoms with van der Waals surface area (Å²) in [5, 5.41) is 2.59. The number of carbonyl (C=O) groups excluding carboxylic acids is 1. The van der Waals surface area contributed by atoms with E-state index in [0.717, 1.165) is 32.4 Å². The first-order valence-electron chi connectivity index (χ1n) is 6.10. The Labute approximate surface area is 106 Å². The highest BCUT2D eigenvalue weighted by molar-refractivity contribution is 5.89. The molecule has 0 saturated carbocycles. The summed E-state index contributed by atoms with van der Waals surface area (Å²) in [7, 11) is 1.50. The first kappa shape index (κ1) is 12.7. The maximum atomic E-state index is 13.5. The van der Waals surface area contributed by atoms with Crippen molar-refractivity contribution in [2.75, 3.05) is 25.5 Å². The van der Waals surface area contributed by atoms with E-state index in [1.807, 2.05) is 0 Å². The normalized spacial score (nSPS) is 15.3. The van der Waals surface area contributed by atoms with Crippen LogP contribution < -0.4 is 10.1 Å². The molecule has 1 aliphatic heterocycles. The van der Waals surface area contributed by atoms with Crippen LogP contribution in [-0.4, -0.2) is 31.1 Å². The van der Waals surface area contributed by atoms with E-state index in [9.17, 15) is 9.18 Å². The van der Waals surface area contributed by atoms with Crippen molar-refractivity contribution in [1.82, 2.24) is 4.90 Å². The molecule has 0 radical (unpaired) electrons. The lowest BCUT2D eigenvalue weighted by molar-refractivity contribution is 0.200. The Hall–Kier alpha value is -1.78. The molecule has 0 atom stereocenters. The molecule has 98 valence electrons. The lowest BCUT2D eigenvalue weighted by Crippen LogP contribution is -2.38. The molecule has 1 fully saturated rings. The highest BCUT2D eigenvalue weighted by atomic mass is 19.1. The fourth-order valence-electron chi connectivity index (χ4n) is 2.02. The summed E-state index contributed by atoms with van der Waals surface area (Å²) in [5.41, 5.74) is 0.157. The number of amides is 2. The highest BCUT2D eigenvalue weighted by Crippen LogP contribution is 2.21. The van der Waals surface area contributed by atoms with Gasteiger partial charge in [0.2, 0.25) is 0 Å². The van der Waals surface area contributed by atoms with Crippen LogP contribution in [0.2, 0.25) is 0 Å². The second-order valence-electron chi connectivity index (χ2n) is 4.32. The second-order valence-corrected chi connectivity index (χ2v) is 4.32. The van der Waals surface area contributed by atoms with Crippen LogP contribution in [0.4, 0.5) is 14.9 Å². The van der Waals surface area contributed by atoms with Gasteiger partial charge in [-0.3, -0.25) is 0 Å². The van der Waals surface area contributed by atoms with Gasteiger partial charge >= 0.3 is 6.03 Å². The van der Waals surface area contributed by atoms with Crippen LogP contribution in [0.1, 0.15) is 19.3 Å². The monoisotopic (exact) mass is 252 g/mol. The van der Waals surface area contributed by atoms with Crippen molar-refractivity contribution in [3.63, 3.8) is 0 Å². The van der Waals surface area contributed by atoms with E-state index in [-0.39, 0.29) is 11.7 Å². The minimum Gasteiger partial charge on any atom is -0.497 e. The SMILES string of the molecule is COc1ccc(F)c(NC(=O)N2CCCCC2)c1. The van der Waals surface area contributed by atoms with Gasteiger partial charge in [0.25, 0.3) is 0 Å². The van der Waals surface area contributed by atoms with Crippen molar-refractivity contribution in [3.05, 3.63) is 24.0 Å². The zero-order valence-corrected chi connectivity index (χ0v) is 10.4. The van der Waals surface area contributed by atoms with Crippen molar-refractivity contribution in [3.8, 4) is 5.75 Å². The Bertz CT molecular complexity index is 431. The molecule has 1 heterocycles. The quantitative estimate of drug-likeness (QED) is 0.879. The second kappa shape index (κ2) is 5.71. The lowest BCUT2D eigenvalue weighted by atomic mass is 10.1. The van der Waals surface area contributed by atoms with Crippen LogP contribution in [0.15, 0.2) is 18.2 Å². The third-order valence-corrected chi connectivity index (χ3v) is 3.06. The van der Waals surface area contributed by atoms with Gasteiger partial charge in [-0.15, -0.1) is 0 Å². The molecule has 0 aliphatic carbocycles. The van der Waals surface area contributed by atoms with Gasteiger partial charge in [0.1, 0.15) is 11.6 Å². The Morgan fingerprint density at radius 1 is 1.33 bits per heavy atom. The number of anilines is 1. The number of methoxy groups -OCH3 is 1. The molecule has 1 N–H and O–H groups in total. The van der Waals surface area contributed by atoms with E-state index in [1.165, 1.54) is 25.3 Å². The summed E-state index contributed by atoms with van der Waals surface area (Å²) >= 11 is 0. The predicted molar refractivity (Wildman–Crippen MR) is 67.4 cm³/mol. The van der Waals surface area contributed by atoms with E-state index >= 15 is 0 Å². The molecule has 2 amide bonds. The zero-order valence-electron chi connectivity index (χ0n) is 10.4. The maximum absolute atomic E-state index is 13.5. The van der Waals surface area contributed by atoms with Crippen LogP contribution in [0, 0.1) is 5.82 Å². The van der Waals surface area contributed by atoms with Gasteiger partial charge in [-0.1, -0.05) is 0 Å². The lowest BCUT2D eigenvalue weighted by Gasteiger charge is -2.26. The number of likely N-dealkylation sites (tertiary alicyclic amines) is 1. The van der Waals surface area contributed by atoms with Crippen molar-refractivity contribution >= 4 is 11.7 Å². The van der Waals surface area contributed by atoms with Gasteiger partial charge in [-0.2, -0.15) is 0 Å². The van der Waals surface area contributed by atoms with Crippen LogP contribution >= 0.6 is 0 Å². The van der Waals surface area contributed by atoms with E-state index in [4.69, 9.17) is 4.74 Å². The molecule has 18 heavy (non-hydrogen) atoms. The molecule has 2 rings (SSSR count). The average Bonchev–Trinajstić information content (AvgIpc) is 2.42. The molecular weight excluding hydrogens is 235 g/mol. The van der Waals surface area contributed by atoms with Crippen LogP contribution in [0.25, 0.3) is 0 Å². The number of nitrogens with one attached hydrogen (secondary N) is 1. The van der Waals surface area contributed by atoms with Gasteiger partial charge in [0.15, 0.2) is 0 Å². The first-order valence-corrected chi connectivity index (χ1v) is 6.10. The molecule has 0 aromatic heterocycles. The van der Waals surface area contributed by atoms with E-state index in [2.05, 4.69) is 5.32 Å². The number of hydrogen-bond acceptors (Lipinski definition) is 2. The summed E-state index contributed by atoms with van der Waals surface area (Å²) in [6.07, 6.45) is 3.17. The maximum Gasteiger partial charge on any atom is 0.321 e. The third kappa shape index (κ3) is 2.91. The molecule has 1 saturated heterocycles. The van der Waals surface area contributed by atoms with Gasteiger partial charge in [-0.25, -0.2) is 9.18 Å². The Kier molecular flexibility index (Phi) is 4.02. The van der Waals surface area contributed by atoms with Crippen LogP contribution in [-0.2, 0) is 0 Å². The van der Waals surface area contributed by atoms with E-state index < -0.39 is 5.82 Å². The topological polar surface area (TPSA) is 41.6 Å². The zero-order chi connectivity index (χ0) is 13.0. The largest absolute Gasteiger partial charge is 0.497 e. The fourth-order valence-corrected chi connectivity index (χ4v) is 2.02. The van der Waals surface area contributed by atoms with Gasteiger partial charge in [0.05, 0.1) is 12.8 Å². The summed E-state index contributed by atoms with van der Waals surface area (Å²) in [6, 6.07) is 4.04. The summed E-state index contributed by atoms with van der Waals surface area (Å²) in [4.78, 5) is 13.6. The third-order valence-electron chi connectivity index (χ3n) is 3.06. The Morgan fingerprint density at radius 3 is 2.72 bits per heavy atom. The number of ether oxygens (including phenoxy) is 1. The highest BCUT2D eigenvalue weighted by Gasteiger charge is 2.17. The summed E-state index contributed by atoms with van der Waals surface area (Å²) in [5.74, 6) is 0.0616. The molecule has 1 aliphatic rings. The molecule has 1 aromatic rings. The van der Waals surface area contributed by atoms with Crippen molar-refractivity contribution in [2.24, 2.45) is 0 Å². The number of piperidine rings is 1. The molecule has 4 nitrogen and oxygen atoms in total. The number of urea groups is 1. The standard InChI is InChI=1S/C13H17FN2O2/c1-18-10-5-6-11(14)12(9-10)15-13(17)16-7-3-2-4-8-16/h5-6,9H,2-4,7-8H2,1H3,(H,15,17). The minimum absolute atomic E-state index is 0.157. The van der Waals surface area contributed by atoms with Crippen LogP contribution in [0.5, 0.6) is 5.75 Å². The van der Waals surface area contributed by atoms with E-state index in [0.29, 0.717) is 5.75 Å². The number of carbonyl (C=O) groups is 1. The average molecular weight is 252 g/mol. The predicted octanol–water partition coefficient (Wildman–Crippen LogP) is 2.85. The molecule has 0 spiro atoms. The smallest absolute Gasteiger partial charge is 0.321 e. The summed E-state index contributed by atoms with van der Waals surface area (Å²) in [6.45, 7) is 1.47. The minimum atomic E-state index is -0.457. The molecule has 0 unspecified atom stereocenters. The fraction of sp³-hybridized carbons (Fsp3) is 0.462. The number of benzene rings is 1. The number of nitrogens with zero attached hydrogens (tertiary/aromatic N) is 1. The summed E-state index contributed by atoms with van der Waals surface area (Å²) < 4.78 is 18.6. The van der Waals surface area contributed by atoms with Crippen molar-refractivity contribution < 1.29 is 13.9 Å². The molecule has 0 bridgehead atoms. The van der Waals surface area contributed by atoms with Crippen molar-refractivity contribution in [1.29, 1.82) is 0 Å².